The Morgan fingerprint density at radius 1 is 1.00 bits per heavy atom. The highest BCUT2D eigenvalue weighted by Crippen LogP contribution is 2.41. The van der Waals surface area contributed by atoms with Crippen LogP contribution in [0.5, 0.6) is 0 Å². The van der Waals surface area contributed by atoms with Gasteiger partial charge in [-0.2, -0.15) is 0 Å². The van der Waals surface area contributed by atoms with Crippen molar-refractivity contribution in [2.24, 2.45) is 0 Å². The zero-order valence-corrected chi connectivity index (χ0v) is 16.8. The number of nitrogens with zero attached hydrogens (tertiary/aromatic N) is 3. The fraction of sp³-hybridized carbons (Fsp3) is 0.174. The molecule has 0 unspecified atom stereocenters. The van der Waals surface area contributed by atoms with Crippen LogP contribution in [-0.2, 0) is 5.54 Å². The van der Waals surface area contributed by atoms with E-state index < -0.39 is 11.6 Å². The Morgan fingerprint density at radius 2 is 1.73 bits per heavy atom. The second-order valence-electron chi connectivity index (χ2n) is 7.53. The molecule has 1 fully saturated rings. The largest absolute Gasteiger partial charge is 0.465 e. The molecule has 1 saturated carbocycles. The zero-order chi connectivity index (χ0) is 20.7. The zero-order valence-electron chi connectivity index (χ0n) is 16.0. The summed E-state index contributed by atoms with van der Waals surface area (Å²) in [7, 11) is 0. The van der Waals surface area contributed by atoms with E-state index in [0.717, 1.165) is 47.4 Å². The fourth-order valence-corrected chi connectivity index (χ4v) is 4.25. The molecule has 6 nitrogen and oxygen atoms in total. The molecule has 0 aliphatic heterocycles. The minimum absolute atomic E-state index is 0.402. The van der Waals surface area contributed by atoms with Crippen LogP contribution in [0, 0.1) is 0 Å². The number of carbonyl (C=O) groups is 1. The van der Waals surface area contributed by atoms with Crippen molar-refractivity contribution in [3.05, 3.63) is 77.4 Å². The van der Waals surface area contributed by atoms with Crippen molar-refractivity contribution in [3.8, 4) is 17.1 Å². The first-order valence-electron chi connectivity index (χ1n) is 9.78. The third-order valence-electron chi connectivity index (χ3n) is 5.73. The van der Waals surface area contributed by atoms with Crippen molar-refractivity contribution < 1.29 is 9.90 Å². The Morgan fingerprint density at radius 3 is 2.37 bits per heavy atom. The molecule has 2 N–H and O–H groups in total. The average molecular weight is 419 g/mol. The second-order valence-corrected chi connectivity index (χ2v) is 7.91. The third kappa shape index (κ3) is 3.09. The van der Waals surface area contributed by atoms with Crippen LogP contribution in [0.25, 0.3) is 28.2 Å². The molecule has 150 valence electrons. The van der Waals surface area contributed by atoms with Crippen LogP contribution in [0.2, 0.25) is 5.15 Å². The molecule has 30 heavy (non-hydrogen) atoms. The number of amides is 1. The minimum atomic E-state index is -0.996. The summed E-state index contributed by atoms with van der Waals surface area (Å²) in [6.45, 7) is 0. The lowest BCUT2D eigenvalue weighted by molar-refractivity contribution is 0.144. The SMILES string of the molecule is O=C(O)NC1(c2ccc(-n3c(-c4ccccc4)nc4ccc(Cl)nc43)cc2)CCC1. The molecule has 0 radical (unpaired) electrons. The van der Waals surface area contributed by atoms with Gasteiger partial charge in [-0.1, -0.05) is 54.1 Å². The summed E-state index contributed by atoms with van der Waals surface area (Å²) in [5.41, 5.74) is 3.77. The summed E-state index contributed by atoms with van der Waals surface area (Å²) in [5, 5.41) is 12.3. The number of rotatable bonds is 4. The Hall–Kier alpha value is -3.38. The van der Waals surface area contributed by atoms with E-state index in [4.69, 9.17) is 16.6 Å². The monoisotopic (exact) mass is 418 g/mol. The number of hydrogen-bond donors (Lipinski definition) is 2. The van der Waals surface area contributed by atoms with Gasteiger partial charge in [0, 0.05) is 11.3 Å². The molecular formula is C23H19ClN4O2. The van der Waals surface area contributed by atoms with Gasteiger partial charge in [-0.05, 0) is 49.1 Å². The first-order valence-corrected chi connectivity index (χ1v) is 10.2. The molecular weight excluding hydrogens is 400 g/mol. The van der Waals surface area contributed by atoms with Gasteiger partial charge in [-0.25, -0.2) is 14.8 Å². The number of imidazole rings is 1. The lowest BCUT2D eigenvalue weighted by atomic mass is 9.72. The second kappa shape index (κ2) is 7.15. The maximum atomic E-state index is 11.3. The maximum Gasteiger partial charge on any atom is 0.405 e. The summed E-state index contributed by atoms with van der Waals surface area (Å²) in [6, 6.07) is 21.4. The first kappa shape index (κ1) is 18.6. The Labute approximate surface area is 178 Å². The number of halogens is 1. The van der Waals surface area contributed by atoms with Crippen LogP contribution >= 0.6 is 11.6 Å². The molecule has 0 spiro atoms. The lowest BCUT2D eigenvalue weighted by Crippen LogP contribution is -2.50. The van der Waals surface area contributed by atoms with E-state index in [1.807, 2.05) is 65.2 Å². The van der Waals surface area contributed by atoms with E-state index in [9.17, 15) is 9.90 Å². The molecule has 0 bridgehead atoms. The highest BCUT2D eigenvalue weighted by Gasteiger charge is 2.40. The van der Waals surface area contributed by atoms with Gasteiger partial charge in [0.25, 0.3) is 0 Å². The molecule has 1 aliphatic carbocycles. The average Bonchev–Trinajstić information content (AvgIpc) is 3.10. The van der Waals surface area contributed by atoms with E-state index in [2.05, 4.69) is 10.3 Å². The van der Waals surface area contributed by atoms with E-state index in [0.29, 0.717) is 10.8 Å². The fourth-order valence-electron chi connectivity index (χ4n) is 4.11. The molecule has 0 saturated heterocycles. The Balaban J connectivity index is 1.64. The van der Waals surface area contributed by atoms with E-state index in [-0.39, 0.29) is 0 Å². The van der Waals surface area contributed by atoms with Gasteiger partial charge < -0.3 is 10.4 Å². The van der Waals surface area contributed by atoms with Gasteiger partial charge in [-0.15, -0.1) is 0 Å². The highest BCUT2D eigenvalue weighted by molar-refractivity contribution is 6.29. The van der Waals surface area contributed by atoms with Crippen LogP contribution < -0.4 is 5.32 Å². The smallest absolute Gasteiger partial charge is 0.405 e. The van der Waals surface area contributed by atoms with Gasteiger partial charge >= 0.3 is 6.09 Å². The van der Waals surface area contributed by atoms with Crippen molar-refractivity contribution in [3.63, 3.8) is 0 Å². The maximum absolute atomic E-state index is 11.3. The number of fused-ring (bicyclic) bond motifs is 1. The number of nitrogens with one attached hydrogen (secondary N) is 1. The summed E-state index contributed by atoms with van der Waals surface area (Å²) in [4.78, 5) is 20.6. The Kier molecular flexibility index (Phi) is 4.44. The predicted octanol–water partition coefficient (Wildman–Crippen LogP) is 5.39. The molecule has 4 aromatic rings. The summed E-state index contributed by atoms with van der Waals surface area (Å²) >= 11 is 6.18. The number of pyridine rings is 1. The normalized spacial score (nSPS) is 15.0. The van der Waals surface area contributed by atoms with Gasteiger partial charge in [0.2, 0.25) is 0 Å². The minimum Gasteiger partial charge on any atom is -0.465 e. The van der Waals surface area contributed by atoms with Crippen LogP contribution in [0.1, 0.15) is 24.8 Å². The van der Waals surface area contributed by atoms with Crippen molar-refractivity contribution in [2.75, 3.05) is 0 Å². The molecule has 0 atom stereocenters. The molecule has 2 aromatic carbocycles. The standard InChI is InChI=1S/C23H19ClN4O2/c24-19-12-11-18-21(26-19)28(20(25-18)15-5-2-1-3-6-15)17-9-7-16(8-10-17)23(13-4-14-23)27-22(29)30/h1-3,5-12,27H,4,13-14H2,(H,29,30). The van der Waals surface area contributed by atoms with Crippen LogP contribution in [-0.4, -0.2) is 25.7 Å². The molecule has 1 aliphatic rings. The number of aromatic nitrogens is 3. The van der Waals surface area contributed by atoms with Crippen molar-refractivity contribution in [2.45, 2.75) is 24.8 Å². The van der Waals surface area contributed by atoms with E-state index in [1.54, 1.807) is 6.07 Å². The van der Waals surface area contributed by atoms with Crippen LogP contribution in [0.15, 0.2) is 66.7 Å². The summed E-state index contributed by atoms with van der Waals surface area (Å²) in [5.74, 6) is 0.773. The van der Waals surface area contributed by atoms with E-state index in [1.165, 1.54) is 0 Å². The van der Waals surface area contributed by atoms with Crippen molar-refractivity contribution in [1.82, 2.24) is 19.9 Å². The lowest BCUT2D eigenvalue weighted by Gasteiger charge is -2.42. The number of benzene rings is 2. The van der Waals surface area contributed by atoms with Crippen LogP contribution in [0.3, 0.4) is 0 Å². The molecule has 7 heteroatoms. The summed E-state index contributed by atoms with van der Waals surface area (Å²) in [6.07, 6.45) is 1.62. The first-order chi connectivity index (χ1) is 14.6. The topological polar surface area (TPSA) is 80.0 Å². The number of carboxylic acid groups (broad SMARTS) is 1. The summed E-state index contributed by atoms with van der Waals surface area (Å²) < 4.78 is 1.98. The van der Waals surface area contributed by atoms with Gasteiger partial charge in [-0.3, -0.25) is 4.57 Å². The van der Waals surface area contributed by atoms with Crippen molar-refractivity contribution >= 4 is 28.9 Å². The molecule has 5 rings (SSSR count). The quantitative estimate of drug-likeness (QED) is 0.435. The van der Waals surface area contributed by atoms with Gasteiger partial charge in [0.15, 0.2) is 5.65 Å². The van der Waals surface area contributed by atoms with Crippen molar-refractivity contribution in [1.29, 1.82) is 0 Å². The van der Waals surface area contributed by atoms with Crippen LogP contribution in [0.4, 0.5) is 4.79 Å². The predicted molar refractivity (Wildman–Crippen MR) is 116 cm³/mol. The third-order valence-corrected chi connectivity index (χ3v) is 5.94. The highest BCUT2D eigenvalue weighted by atomic mass is 35.5. The number of hydrogen-bond acceptors (Lipinski definition) is 3. The van der Waals surface area contributed by atoms with Gasteiger partial charge in [0.05, 0.1) is 5.54 Å². The van der Waals surface area contributed by atoms with Gasteiger partial charge in [0.1, 0.15) is 16.5 Å². The molecule has 1 amide bonds. The molecule has 2 aromatic heterocycles. The Bertz CT molecular complexity index is 1230. The van der Waals surface area contributed by atoms with E-state index >= 15 is 0 Å². The molecule has 2 heterocycles.